The van der Waals surface area contributed by atoms with Crippen LogP contribution in [0.3, 0.4) is 0 Å². The number of piperidine rings is 1. The summed E-state index contributed by atoms with van der Waals surface area (Å²) < 4.78 is 54.5. The molecule has 6 nitrogen and oxygen atoms in total. The summed E-state index contributed by atoms with van der Waals surface area (Å²) in [6.45, 7) is 2.28. The number of halogens is 2. The van der Waals surface area contributed by atoms with E-state index in [-0.39, 0.29) is 33.9 Å². The van der Waals surface area contributed by atoms with Crippen LogP contribution in [0.1, 0.15) is 28.8 Å². The third-order valence-corrected chi connectivity index (χ3v) is 7.13. The highest BCUT2D eigenvalue weighted by atomic mass is 32.2. The molecule has 34 heavy (non-hydrogen) atoms. The number of rotatable bonds is 7. The number of para-hydroxylation sites is 1. The van der Waals surface area contributed by atoms with Crippen LogP contribution in [0.15, 0.2) is 77.7 Å². The number of carbonyl (C=O) groups excluding carboxylic acids is 1. The maximum atomic E-state index is 13.9. The van der Waals surface area contributed by atoms with Gasteiger partial charge in [-0.25, -0.2) is 17.2 Å². The average Bonchev–Trinajstić information content (AvgIpc) is 2.83. The second-order valence-corrected chi connectivity index (χ2v) is 9.95. The summed E-state index contributed by atoms with van der Waals surface area (Å²) in [5, 5.41) is 2.97. The fourth-order valence-electron chi connectivity index (χ4n) is 3.90. The number of amides is 1. The van der Waals surface area contributed by atoms with Gasteiger partial charge in [-0.05, 0) is 60.9 Å². The van der Waals surface area contributed by atoms with Crippen molar-refractivity contribution in [1.29, 1.82) is 0 Å². The topological polar surface area (TPSA) is 78.5 Å². The quantitative estimate of drug-likeness (QED) is 0.527. The van der Waals surface area contributed by atoms with Gasteiger partial charge in [0.25, 0.3) is 15.9 Å². The number of hydrogen-bond donors (Lipinski definition) is 2. The predicted octanol–water partition coefficient (Wildman–Crippen LogP) is 4.16. The Bertz CT molecular complexity index is 1260. The van der Waals surface area contributed by atoms with Crippen molar-refractivity contribution in [1.82, 2.24) is 10.2 Å². The van der Waals surface area contributed by atoms with E-state index in [1.807, 2.05) is 0 Å². The van der Waals surface area contributed by atoms with Crippen molar-refractivity contribution in [2.45, 2.75) is 30.3 Å². The Morgan fingerprint density at radius 3 is 2.35 bits per heavy atom. The largest absolute Gasteiger partial charge is 0.349 e. The number of nitrogens with zero attached hydrogens (tertiary/aromatic N) is 1. The van der Waals surface area contributed by atoms with Gasteiger partial charge >= 0.3 is 0 Å². The van der Waals surface area contributed by atoms with E-state index < -0.39 is 15.8 Å². The molecular formula is C25H25F2N3O3S. The lowest BCUT2D eigenvalue weighted by Crippen LogP contribution is -2.44. The molecule has 0 unspecified atom stereocenters. The zero-order chi connectivity index (χ0) is 24.1. The van der Waals surface area contributed by atoms with Gasteiger partial charge in [-0.2, -0.15) is 0 Å². The molecule has 1 heterocycles. The lowest BCUT2D eigenvalue weighted by atomic mass is 10.0. The van der Waals surface area contributed by atoms with Crippen molar-refractivity contribution in [2.75, 3.05) is 17.8 Å². The predicted molar refractivity (Wildman–Crippen MR) is 126 cm³/mol. The van der Waals surface area contributed by atoms with Crippen molar-refractivity contribution in [3.05, 3.63) is 95.6 Å². The molecule has 0 saturated carbocycles. The Kier molecular flexibility index (Phi) is 7.23. The Morgan fingerprint density at radius 1 is 0.941 bits per heavy atom. The summed E-state index contributed by atoms with van der Waals surface area (Å²) in [6, 6.07) is 17.5. The monoisotopic (exact) mass is 485 g/mol. The molecule has 3 aromatic carbocycles. The summed E-state index contributed by atoms with van der Waals surface area (Å²) in [7, 11) is -4.06. The summed E-state index contributed by atoms with van der Waals surface area (Å²) in [5.74, 6) is -1.31. The fraction of sp³-hybridized carbons (Fsp3) is 0.240. The molecule has 9 heteroatoms. The molecule has 0 spiro atoms. The van der Waals surface area contributed by atoms with Crippen LogP contribution in [0.4, 0.5) is 14.5 Å². The van der Waals surface area contributed by atoms with Gasteiger partial charge in [-0.1, -0.05) is 30.3 Å². The van der Waals surface area contributed by atoms with E-state index in [0.29, 0.717) is 0 Å². The SMILES string of the molecule is O=C(NC1CCN(Cc2ccc(F)cc2)CC1)c1cccc(S(=O)(=O)Nc2ccccc2F)c1. The number of carbonyl (C=O) groups is 1. The zero-order valence-corrected chi connectivity index (χ0v) is 19.2. The van der Waals surface area contributed by atoms with Crippen molar-refractivity contribution in [3.63, 3.8) is 0 Å². The van der Waals surface area contributed by atoms with Crippen LogP contribution in [0.2, 0.25) is 0 Å². The molecule has 1 aliphatic rings. The first-order valence-corrected chi connectivity index (χ1v) is 12.4. The number of sulfonamides is 1. The molecule has 4 rings (SSSR count). The van der Waals surface area contributed by atoms with Crippen LogP contribution in [0.25, 0.3) is 0 Å². The van der Waals surface area contributed by atoms with Crippen LogP contribution in [-0.2, 0) is 16.6 Å². The van der Waals surface area contributed by atoms with Crippen LogP contribution in [0, 0.1) is 11.6 Å². The summed E-state index contributed by atoms with van der Waals surface area (Å²) in [6.07, 6.45) is 1.50. The first kappa shape index (κ1) is 23.8. The standard InChI is InChI=1S/C25H25F2N3O3S/c26-20-10-8-18(9-11-20)17-30-14-12-21(13-15-30)28-25(31)19-4-3-5-22(16-19)34(32,33)29-24-7-2-1-6-23(24)27/h1-11,16,21,29H,12-15,17H2,(H,28,31). The summed E-state index contributed by atoms with van der Waals surface area (Å²) in [4.78, 5) is 14.9. The normalized spacial score (nSPS) is 15.1. The third-order valence-electron chi connectivity index (χ3n) is 5.77. The molecule has 0 bridgehead atoms. The van der Waals surface area contributed by atoms with Crippen LogP contribution in [-0.4, -0.2) is 38.4 Å². The molecule has 3 aromatic rings. The van der Waals surface area contributed by atoms with Crippen molar-refractivity contribution >= 4 is 21.6 Å². The lowest BCUT2D eigenvalue weighted by Gasteiger charge is -2.32. The van der Waals surface area contributed by atoms with Crippen LogP contribution in [0.5, 0.6) is 0 Å². The van der Waals surface area contributed by atoms with E-state index in [9.17, 15) is 22.0 Å². The number of hydrogen-bond acceptors (Lipinski definition) is 4. The minimum Gasteiger partial charge on any atom is -0.349 e. The molecular weight excluding hydrogens is 460 g/mol. The highest BCUT2D eigenvalue weighted by Gasteiger charge is 2.23. The van der Waals surface area contributed by atoms with Gasteiger partial charge in [0.15, 0.2) is 0 Å². The average molecular weight is 486 g/mol. The summed E-state index contributed by atoms with van der Waals surface area (Å²) >= 11 is 0. The minimum absolute atomic E-state index is 0.0335. The van der Waals surface area contributed by atoms with Gasteiger partial charge in [0.2, 0.25) is 0 Å². The Hall–Kier alpha value is -3.30. The lowest BCUT2D eigenvalue weighted by molar-refractivity contribution is 0.0908. The van der Waals surface area contributed by atoms with Gasteiger partial charge in [0.1, 0.15) is 11.6 Å². The van der Waals surface area contributed by atoms with Crippen LogP contribution < -0.4 is 10.0 Å². The zero-order valence-electron chi connectivity index (χ0n) is 18.4. The second-order valence-electron chi connectivity index (χ2n) is 8.26. The van der Waals surface area contributed by atoms with E-state index in [1.54, 1.807) is 18.2 Å². The molecule has 2 N–H and O–H groups in total. The third kappa shape index (κ3) is 5.98. The summed E-state index contributed by atoms with van der Waals surface area (Å²) in [5.41, 5.74) is 1.08. The first-order valence-electron chi connectivity index (χ1n) is 11.0. The van der Waals surface area contributed by atoms with Crippen molar-refractivity contribution in [2.24, 2.45) is 0 Å². The molecule has 0 aromatic heterocycles. The molecule has 0 radical (unpaired) electrons. The van der Waals surface area contributed by atoms with Gasteiger partial charge in [-0.15, -0.1) is 0 Å². The van der Waals surface area contributed by atoms with E-state index >= 15 is 0 Å². The number of benzene rings is 3. The van der Waals surface area contributed by atoms with Gasteiger partial charge in [0.05, 0.1) is 10.6 Å². The number of anilines is 1. The van der Waals surface area contributed by atoms with Gasteiger partial charge < -0.3 is 5.32 Å². The Labute approximate surface area is 197 Å². The minimum atomic E-state index is -4.06. The van der Waals surface area contributed by atoms with E-state index in [2.05, 4.69) is 14.9 Å². The smallest absolute Gasteiger partial charge is 0.262 e. The highest BCUT2D eigenvalue weighted by Crippen LogP contribution is 2.20. The maximum absolute atomic E-state index is 13.9. The molecule has 0 aliphatic carbocycles. The molecule has 0 atom stereocenters. The van der Waals surface area contributed by atoms with E-state index in [0.717, 1.165) is 44.1 Å². The molecule has 178 valence electrons. The fourth-order valence-corrected chi connectivity index (χ4v) is 5.02. The van der Waals surface area contributed by atoms with E-state index in [1.165, 1.54) is 48.5 Å². The van der Waals surface area contributed by atoms with Crippen molar-refractivity contribution < 1.29 is 22.0 Å². The van der Waals surface area contributed by atoms with E-state index in [4.69, 9.17) is 0 Å². The number of likely N-dealkylation sites (tertiary alicyclic amines) is 1. The Balaban J connectivity index is 1.34. The molecule has 1 amide bonds. The maximum Gasteiger partial charge on any atom is 0.262 e. The molecule has 1 aliphatic heterocycles. The Morgan fingerprint density at radius 2 is 1.65 bits per heavy atom. The van der Waals surface area contributed by atoms with Crippen molar-refractivity contribution in [3.8, 4) is 0 Å². The second kappa shape index (κ2) is 10.3. The first-order chi connectivity index (χ1) is 16.3. The number of nitrogens with one attached hydrogen (secondary N) is 2. The van der Waals surface area contributed by atoms with Gasteiger partial charge in [-0.3, -0.25) is 14.4 Å². The highest BCUT2D eigenvalue weighted by molar-refractivity contribution is 7.92. The van der Waals surface area contributed by atoms with Gasteiger partial charge in [0, 0.05) is 31.2 Å². The molecule has 1 fully saturated rings. The molecule has 1 saturated heterocycles. The van der Waals surface area contributed by atoms with Crippen LogP contribution >= 0.6 is 0 Å².